The molecule has 1 heterocycles. The molecule has 0 aromatic heterocycles. The van der Waals surface area contributed by atoms with Gasteiger partial charge in [0.15, 0.2) is 0 Å². The van der Waals surface area contributed by atoms with Gasteiger partial charge in [0.1, 0.15) is 11.5 Å². The van der Waals surface area contributed by atoms with E-state index >= 15 is 0 Å². The molecule has 6 atom stereocenters. The van der Waals surface area contributed by atoms with Crippen molar-refractivity contribution in [3.8, 4) is 11.5 Å². The Morgan fingerprint density at radius 3 is 1.95 bits per heavy atom. The standard InChI is InChI=1S/C12H13BrO.C11H10BBrO2.Ir.H8P6.3Y/c1-2-3-9-6-10(13)7-11(12(9)14)8-4-5-8;13-9-5-8-3-4-12(14)15-11(8)10(6-9)7-1-2-7;;1-3-5-6-4-2;;;/h2-3,6-8,14H,4-5H2,1H3;3-7,14H,1-2H2;;3-6H,1-2H2;;;/b3-2+;;;;;;. The van der Waals surface area contributed by atoms with Crippen molar-refractivity contribution in [1.29, 1.82) is 0 Å². The molecule has 2 N–H and O–H groups in total. The molecule has 16 heteroatoms. The second-order valence-corrected chi connectivity index (χ2v) is 24.1. The van der Waals surface area contributed by atoms with Gasteiger partial charge >= 0.3 is 7.12 Å². The van der Waals surface area contributed by atoms with Crippen LogP contribution in [0.5, 0.6) is 11.5 Å². The van der Waals surface area contributed by atoms with Crippen LogP contribution >= 0.6 is 81.5 Å². The third-order valence-electron chi connectivity index (χ3n) is 5.51. The molecule has 3 aliphatic rings. The largest absolute Gasteiger partial charge is 0.552 e. The fourth-order valence-electron chi connectivity index (χ4n) is 3.67. The molecule has 39 heavy (non-hydrogen) atoms. The summed E-state index contributed by atoms with van der Waals surface area (Å²) in [6, 6.07) is 8.09. The van der Waals surface area contributed by atoms with Crippen LogP contribution < -0.4 is 4.65 Å². The van der Waals surface area contributed by atoms with Crippen molar-refractivity contribution in [1.82, 2.24) is 0 Å². The maximum Gasteiger partial charge on any atom is 0.552 e. The third kappa shape index (κ3) is 16.6. The molecule has 1 aliphatic heterocycles. The quantitative estimate of drug-likeness (QED) is 0.172. The van der Waals surface area contributed by atoms with Crippen LogP contribution in [-0.4, -0.2) is 17.2 Å². The summed E-state index contributed by atoms with van der Waals surface area (Å²) >= 11 is 6.97. The maximum absolute atomic E-state index is 9.98. The van der Waals surface area contributed by atoms with Crippen molar-refractivity contribution < 1.29 is 133 Å². The maximum atomic E-state index is 9.98. The number of hydrogen-bond acceptors (Lipinski definition) is 3. The number of phenolic OH excluding ortho intramolecular Hbond substituents is 1. The minimum Gasteiger partial charge on any atom is -0.532 e. The van der Waals surface area contributed by atoms with Crippen LogP contribution in [0.4, 0.5) is 0 Å². The van der Waals surface area contributed by atoms with Gasteiger partial charge < -0.3 is 14.8 Å². The van der Waals surface area contributed by atoms with Crippen molar-refractivity contribution in [2.24, 2.45) is 0 Å². The van der Waals surface area contributed by atoms with E-state index in [2.05, 4.69) is 55.8 Å². The number of aromatic hydroxyl groups is 1. The van der Waals surface area contributed by atoms with Crippen LogP contribution in [0.15, 0.2) is 45.3 Å². The average molecular weight is 1170 g/mol. The Kier molecular flexibility index (Phi) is 29.7. The normalized spacial score (nSPS) is 15.7. The monoisotopic (exact) mass is 1170 g/mol. The molecule has 0 saturated heterocycles. The van der Waals surface area contributed by atoms with Gasteiger partial charge in [-0.2, -0.15) is 0 Å². The molecule has 4 radical (unpaired) electrons. The second kappa shape index (κ2) is 25.1. The molecule has 0 bridgehead atoms. The predicted octanol–water partition coefficient (Wildman–Crippen LogP) is 9.83. The van der Waals surface area contributed by atoms with Gasteiger partial charge in [-0.1, -0.05) is 81.9 Å². The van der Waals surface area contributed by atoms with Crippen molar-refractivity contribution in [3.63, 3.8) is 0 Å². The molecule has 2 aromatic rings. The Morgan fingerprint density at radius 2 is 1.44 bits per heavy atom. The van der Waals surface area contributed by atoms with Crippen molar-refractivity contribution >= 4 is 101 Å². The summed E-state index contributed by atoms with van der Waals surface area (Å²) in [5, 5.41) is 19.4. The Bertz CT molecular complexity index is 1080. The summed E-state index contributed by atoms with van der Waals surface area (Å²) in [5.74, 6) is 4.17. The molecule has 2 aliphatic carbocycles. The van der Waals surface area contributed by atoms with E-state index in [1.807, 2.05) is 43.4 Å². The first kappa shape index (κ1) is 46.2. The van der Waals surface area contributed by atoms with Crippen LogP contribution in [0.25, 0.3) is 12.2 Å². The zero-order valence-corrected chi connectivity index (χ0v) is 41.8. The van der Waals surface area contributed by atoms with E-state index in [-0.39, 0.29) is 118 Å². The van der Waals surface area contributed by atoms with Gasteiger partial charge in [-0.3, -0.25) is 0 Å². The van der Waals surface area contributed by atoms with Gasteiger partial charge in [0, 0.05) is 138 Å². The first-order chi connectivity index (χ1) is 16.9. The Labute approximate surface area is 351 Å². The first-order valence-corrected chi connectivity index (χ1v) is 23.5. The Balaban J connectivity index is 0. The van der Waals surface area contributed by atoms with E-state index in [1.165, 1.54) is 47.2 Å². The number of hydrogen-bond donors (Lipinski definition) is 2. The predicted molar refractivity (Wildman–Crippen MR) is 179 cm³/mol. The molecule has 206 valence electrons. The fraction of sp³-hybridized carbons (Fsp3) is 0.304. The number of halogens is 2. The van der Waals surface area contributed by atoms with E-state index in [0.717, 1.165) is 47.3 Å². The van der Waals surface area contributed by atoms with Gasteiger partial charge in [-0.15, -0.1) is 17.9 Å². The molecule has 2 fully saturated rings. The fourth-order valence-corrected chi connectivity index (χ4v) is 22.1. The number of rotatable bonds is 6. The smallest absolute Gasteiger partial charge is 0.532 e. The molecule has 0 spiro atoms. The van der Waals surface area contributed by atoms with Crippen molar-refractivity contribution in [2.75, 3.05) is 0 Å². The molecular formula is C23H31BBr2IrO3P6Y3. The van der Waals surface area contributed by atoms with Crippen LogP contribution in [0.3, 0.4) is 0 Å². The average Bonchev–Trinajstić information content (AvgIpc) is 3.74. The molecule has 2 aromatic carbocycles. The topological polar surface area (TPSA) is 49.7 Å². The van der Waals surface area contributed by atoms with Crippen LogP contribution in [0.2, 0.25) is 0 Å². The number of phenols is 1. The number of allylic oxidation sites excluding steroid dienone is 1. The summed E-state index contributed by atoms with van der Waals surface area (Å²) in [6.07, 6.45) is 10.7. The zero-order valence-electron chi connectivity index (χ0n) is 21.5. The summed E-state index contributed by atoms with van der Waals surface area (Å²) in [5.41, 5.74) is 4.27. The Morgan fingerprint density at radius 1 is 0.923 bits per heavy atom. The molecule has 2 saturated carbocycles. The first-order valence-electron chi connectivity index (χ1n) is 11.3. The summed E-state index contributed by atoms with van der Waals surface area (Å²) < 4.78 is 7.59. The van der Waals surface area contributed by atoms with Gasteiger partial charge in [0.25, 0.3) is 0 Å². The summed E-state index contributed by atoms with van der Waals surface area (Å²) in [7, 11) is 9.43. The minimum absolute atomic E-state index is 0. The zero-order chi connectivity index (χ0) is 25.4. The molecule has 3 nitrogen and oxygen atoms in total. The van der Waals surface area contributed by atoms with E-state index < -0.39 is 7.12 Å². The number of benzene rings is 2. The van der Waals surface area contributed by atoms with Gasteiger partial charge in [0.05, 0.1) is 0 Å². The van der Waals surface area contributed by atoms with Crippen LogP contribution in [0.1, 0.15) is 66.7 Å². The van der Waals surface area contributed by atoms with Crippen molar-refractivity contribution in [3.05, 3.63) is 67.5 Å². The molecular weight excluding hydrogens is 1140 g/mol. The van der Waals surface area contributed by atoms with Gasteiger partial charge in [-0.25, -0.2) is 0 Å². The summed E-state index contributed by atoms with van der Waals surface area (Å²) in [6.45, 7) is 1.96. The SMILES string of the molecule is C/C=C/c1cc(Br)cc(C2CC2)c1O.OB1C=Cc2cc(Br)cc(C3CC3)c2O1.PPPPPP.[Ir].[Y].[Y].[Y]. The minimum atomic E-state index is -0.795. The van der Waals surface area contributed by atoms with E-state index in [9.17, 15) is 10.1 Å². The van der Waals surface area contributed by atoms with Gasteiger partial charge in [-0.05, 0) is 85.8 Å². The Hall–Kier alpha value is 5.05. The molecule has 5 rings (SSSR count). The van der Waals surface area contributed by atoms with Crippen LogP contribution in [0, 0.1) is 0 Å². The molecule has 6 unspecified atom stereocenters. The van der Waals surface area contributed by atoms with Crippen LogP contribution in [-0.2, 0) is 118 Å². The second-order valence-electron chi connectivity index (χ2n) is 8.30. The van der Waals surface area contributed by atoms with Gasteiger partial charge in [0.2, 0.25) is 0 Å². The number of fused-ring (bicyclic) bond motifs is 1. The van der Waals surface area contributed by atoms with E-state index in [1.54, 1.807) is 5.98 Å². The summed E-state index contributed by atoms with van der Waals surface area (Å²) in [4.78, 5) is 0. The third-order valence-corrected chi connectivity index (χ3v) is 23.0. The van der Waals surface area contributed by atoms with E-state index in [0.29, 0.717) is 17.6 Å². The molecule has 0 amide bonds. The van der Waals surface area contributed by atoms with Crippen molar-refractivity contribution in [2.45, 2.75) is 44.4 Å². The van der Waals surface area contributed by atoms with E-state index in [4.69, 9.17) is 4.65 Å².